The average Bonchev–Trinajstić information content (AvgIpc) is 3.60. The number of rotatable bonds is 6. The van der Waals surface area contributed by atoms with E-state index >= 15 is 0 Å². The van der Waals surface area contributed by atoms with Gasteiger partial charge in [0, 0.05) is 0 Å². The van der Waals surface area contributed by atoms with Crippen LogP contribution in [0.4, 0.5) is 0 Å². The monoisotopic (exact) mass is 624 g/mol. The molecule has 2 aromatic carbocycles. The van der Waals surface area contributed by atoms with Crippen molar-refractivity contribution < 1.29 is 46.1 Å². The summed E-state index contributed by atoms with van der Waals surface area (Å²) >= 11 is -2.29. The molecule has 4 aliphatic rings. The van der Waals surface area contributed by atoms with E-state index in [1.165, 1.54) is 76.2 Å². The Hall–Kier alpha value is -0.747. The van der Waals surface area contributed by atoms with E-state index in [9.17, 15) is 0 Å². The Balaban J connectivity index is 0.00000168. The van der Waals surface area contributed by atoms with Gasteiger partial charge in [0.25, 0.3) is 0 Å². The fourth-order valence-corrected chi connectivity index (χ4v) is 17.5. The number of halogens is 2. The summed E-state index contributed by atoms with van der Waals surface area (Å²) in [7, 11) is 0. The summed E-state index contributed by atoms with van der Waals surface area (Å²) in [6.45, 7) is 5.37. The molecule has 2 unspecified atom stereocenters. The average molecular weight is 627 g/mol. The van der Waals surface area contributed by atoms with Crippen molar-refractivity contribution in [2.45, 2.75) is 90.9 Å². The van der Waals surface area contributed by atoms with Crippen LogP contribution >= 0.6 is 0 Å². The molecule has 2 saturated carbocycles. The zero-order valence-electron chi connectivity index (χ0n) is 23.3. The van der Waals surface area contributed by atoms with E-state index in [-0.39, 0.29) is 24.8 Å². The van der Waals surface area contributed by atoms with E-state index in [4.69, 9.17) is 0 Å². The second kappa shape index (κ2) is 13.7. The SMILES string of the molecule is CC([C](C(C)C1CCCCC1)=[Zr+2]([C]1=CC=CC1)[c]1cccc2c1Cc1ccccc1-2)C1CCCCC1.[Cl-].[Cl-]. The number of hydrogen-bond donors (Lipinski definition) is 0. The van der Waals surface area contributed by atoms with Crippen molar-refractivity contribution in [1.82, 2.24) is 0 Å². The molecular weight excluding hydrogens is 583 g/mol. The minimum Gasteiger partial charge on any atom is -1.00 e. The maximum absolute atomic E-state index is 2.69. The zero-order valence-corrected chi connectivity index (χ0v) is 27.3. The first-order valence-electron chi connectivity index (χ1n) is 15.0. The van der Waals surface area contributed by atoms with E-state index in [2.05, 4.69) is 77.7 Å². The maximum Gasteiger partial charge on any atom is -1.00 e. The van der Waals surface area contributed by atoms with Crippen LogP contribution in [0.1, 0.15) is 95.6 Å². The molecule has 38 heavy (non-hydrogen) atoms. The molecule has 0 bridgehead atoms. The van der Waals surface area contributed by atoms with Crippen molar-refractivity contribution in [3.8, 4) is 11.1 Å². The van der Waals surface area contributed by atoms with Crippen LogP contribution in [0.3, 0.4) is 0 Å². The minimum absolute atomic E-state index is 0. The second-order valence-electron chi connectivity index (χ2n) is 12.2. The van der Waals surface area contributed by atoms with Gasteiger partial charge in [0.1, 0.15) is 0 Å². The summed E-state index contributed by atoms with van der Waals surface area (Å²) in [5.41, 5.74) is 6.29. The molecule has 0 N–H and O–H groups in total. The molecule has 0 saturated heterocycles. The van der Waals surface area contributed by atoms with Crippen LogP contribution in [0.15, 0.2) is 64.0 Å². The van der Waals surface area contributed by atoms with Gasteiger partial charge in [0.2, 0.25) is 0 Å². The van der Waals surface area contributed by atoms with E-state index in [1.54, 1.807) is 16.7 Å². The van der Waals surface area contributed by atoms with Crippen LogP contribution in [-0.2, 0) is 27.7 Å². The van der Waals surface area contributed by atoms with E-state index in [0.717, 1.165) is 30.1 Å². The number of fused-ring (bicyclic) bond motifs is 3. The number of benzene rings is 2. The Kier molecular flexibility index (Phi) is 10.9. The normalized spacial score (nSPS) is 20.2. The molecular formula is C35H44Cl2Zr. The van der Waals surface area contributed by atoms with Crippen molar-refractivity contribution in [2.24, 2.45) is 23.7 Å². The summed E-state index contributed by atoms with van der Waals surface area (Å²) in [5.74, 6) is 3.41. The predicted octanol–water partition coefficient (Wildman–Crippen LogP) is 2.96. The third-order valence-corrected chi connectivity index (χ3v) is 18.8. The summed E-state index contributed by atoms with van der Waals surface area (Å²) in [6, 6.07) is 16.6. The van der Waals surface area contributed by atoms with Crippen LogP contribution < -0.4 is 28.1 Å². The smallest absolute Gasteiger partial charge is 1.00 e. The van der Waals surface area contributed by atoms with E-state index < -0.39 is 21.3 Å². The number of hydrogen-bond acceptors (Lipinski definition) is 0. The van der Waals surface area contributed by atoms with Crippen LogP contribution in [0.25, 0.3) is 11.1 Å². The first kappa shape index (κ1) is 30.2. The van der Waals surface area contributed by atoms with Crippen molar-refractivity contribution in [3.05, 3.63) is 75.1 Å². The summed E-state index contributed by atoms with van der Waals surface area (Å²) < 4.78 is 5.76. The topological polar surface area (TPSA) is 0 Å². The molecule has 0 nitrogen and oxygen atoms in total. The molecule has 202 valence electrons. The molecule has 0 heterocycles. The molecule has 0 spiro atoms. The third kappa shape index (κ3) is 5.97. The fraction of sp³-hybridized carbons (Fsp3) is 0.514. The largest absolute Gasteiger partial charge is 1.00 e. The molecule has 0 radical (unpaired) electrons. The van der Waals surface area contributed by atoms with E-state index in [1.807, 2.05) is 6.55 Å². The first-order valence-corrected chi connectivity index (χ1v) is 18.7. The quantitative estimate of drug-likeness (QED) is 0.395. The summed E-state index contributed by atoms with van der Waals surface area (Å²) in [5, 5.41) is 0. The molecule has 6 rings (SSSR count). The predicted molar refractivity (Wildman–Crippen MR) is 153 cm³/mol. The maximum atomic E-state index is 2.69. The fourth-order valence-electron chi connectivity index (χ4n) is 8.18. The van der Waals surface area contributed by atoms with Crippen LogP contribution in [0.2, 0.25) is 0 Å². The van der Waals surface area contributed by atoms with Gasteiger partial charge in [-0.1, -0.05) is 0 Å². The van der Waals surface area contributed by atoms with Gasteiger partial charge in [-0.15, -0.1) is 0 Å². The standard InChI is InChI=1S/C17H30.C13H9.C5H5.2ClH.Zr/c1-14(16-9-5-3-6-10-16)13-15(2)17-11-7-4-8-12-17;1-3-7-12-10(5-1)9-11-6-2-4-8-13(11)12;1-2-4-5-3-1;;;/h14-17H,3-12H2,1-2H3;1-5,7-8H,9H2;1-3H,4H2;2*1H;/q;;;;;+2/p-2. The van der Waals surface area contributed by atoms with Gasteiger partial charge in [-0.3, -0.25) is 0 Å². The van der Waals surface area contributed by atoms with Gasteiger partial charge in [-0.2, -0.15) is 0 Å². The Bertz CT molecular complexity index is 1170. The summed E-state index contributed by atoms with van der Waals surface area (Å²) in [4.78, 5) is 0. The van der Waals surface area contributed by atoms with Crippen LogP contribution in [0.5, 0.6) is 0 Å². The second-order valence-corrected chi connectivity index (χ2v) is 18.4. The molecule has 3 heteroatoms. The van der Waals surface area contributed by atoms with E-state index in [0.29, 0.717) is 0 Å². The molecule has 4 aliphatic carbocycles. The van der Waals surface area contributed by atoms with Crippen molar-refractivity contribution in [1.29, 1.82) is 0 Å². The van der Waals surface area contributed by atoms with Gasteiger partial charge in [0.15, 0.2) is 0 Å². The van der Waals surface area contributed by atoms with Gasteiger partial charge in [-0.25, -0.2) is 0 Å². The van der Waals surface area contributed by atoms with Gasteiger partial charge >= 0.3 is 229 Å². The zero-order chi connectivity index (χ0) is 24.5. The Morgan fingerprint density at radius 3 is 1.95 bits per heavy atom. The molecule has 2 atom stereocenters. The minimum atomic E-state index is -2.29. The molecule has 0 aromatic heterocycles. The Morgan fingerprint density at radius 1 is 0.737 bits per heavy atom. The van der Waals surface area contributed by atoms with Crippen molar-refractivity contribution >= 4 is 6.48 Å². The first-order chi connectivity index (χ1) is 17.7. The molecule has 2 fully saturated rings. The molecule has 0 amide bonds. The van der Waals surface area contributed by atoms with Crippen molar-refractivity contribution in [3.63, 3.8) is 0 Å². The molecule has 0 aliphatic heterocycles. The number of allylic oxidation sites excluding steroid dienone is 4. The van der Waals surface area contributed by atoms with Crippen molar-refractivity contribution in [2.75, 3.05) is 0 Å². The Labute approximate surface area is 251 Å². The third-order valence-electron chi connectivity index (χ3n) is 10.2. The van der Waals surface area contributed by atoms with Crippen LogP contribution in [-0.4, -0.2) is 3.21 Å². The van der Waals surface area contributed by atoms with Gasteiger partial charge in [0.05, 0.1) is 0 Å². The van der Waals surface area contributed by atoms with Gasteiger partial charge in [-0.05, 0) is 0 Å². The van der Waals surface area contributed by atoms with Gasteiger partial charge < -0.3 is 24.8 Å². The summed E-state index contributed by atoms with van der Waals surface area (Å²) in [6.07, 6.45) is 24.4. The Morgan fingerprint density at radius 2 is 1.34 bits per heavy atom. The molecule has 2 aromatic rings. The van der Waals surface area contributed by atoms with Crippen LogP contribution in [0, 0.1) is 23.7 Å².